The van der Waals surface area contributed by atoms with Gasteiger partial charge in [-0.2, -0.15) is 0 Å². The molecule has 2 aromatic carbocycles. The molecule has 1 aliphatic carbocycles. The Kier molecular flexibility index (Phi) is 14.3. The van der Waals surface area contributed by atoms with Gasteiger partial charge in [0.1, 0.15) is 5.60 Å². The predicted molar refractivity (Wildman–Crippen MR) is 156 cm³/mol. The van der Waals surface area contributed by atoms with E-state index in [2.05, 4.69) is 52.6 Å². The molecule has 5 N–H and O–H groups in total. The van der Waals surface area contributed by atoms with Gasteiger partial charge in [0, 0.05) is 6.04 Å². The van der Waals surface area contributed by atoms with Gasteiger partial charge in [-0.05, 0) is 56.9 Å². The van der Waals surface area contributed by atoms with Gasteiger partial charge in [0.2, 0.25) is 0 Å². The molecule has 228 valence electrons. The third-order valence-electron chi connectivity index (χ3n) is 6.31. The Morgan fingerprint density at radius 2 is 1.66 bits per heavy atom. The van der Waals surface area contributed by atoms with Crippen LogP contribution in [0.2, 0.25) is 0 Å². The van der Waals surface area contributed by atoms with Crippen LogP contribution in [0.15, 0.2) is 54.6 Å². The minimum absolute atomic E-state index is 0.0243. The van der Waals surface area contributed by atoms with Crippen LogP contribution in [0.5, 0.6) is 0 Å². The maximum Gasteiger partial charge on any atom is 0.407 e. The van der Waals surface area contributed by atoms with E-state index in [4.69, 9.17) is 19.9 Å². The molecule has 2 unspecified atom stereocenters. The summed E-state index contributed by atoms with van der Waals surface area (Å²) in [5.41, 5.74) is 1.25. The molecule has 1 saturated carbocycles. The largest absolute Gasteiger partial charge is 0.483 e. The van der Waals surface area contributed by atoms with Crippen molar-refractivity contribution in [1.29, 1.82) is 0 Å². The fourth-order valence-corrected chi connectivity index (χ4v) is 5.61. The molecular formula is C29H43AsN2O9. The van der Waals surface area contributed by atoms with Crippen LogP contribution in [0.3, 0.4) is 0 Å². The van der Waals surface area contributed by atoms with Gasteiger partial charge in [0.25, 0.3) is 6.47 Å². The number of hydrogen-bond acceptors (Lipinski definition) is 7. The van der Waals surface area contributed by atoms with Crippen LogP contribution in [0.1, 0.15) is 72.8 Å². The summed E-state index contributed by atoms with van der Waals surface area (Å²) in [6.07, 6.45) is 4.30. The molecule has 3 rings (SSSR count). The average Bonchev–Trinajstić information content (AvgIpc) is 2.83. The maximum absolute atomic E-state index is 12.2. The number of rotatable bonds is 8. The molecule has 0 aromatic heterocycles. The Morgan fingerprint density at radius 1 is 1.07 bits per heavy atom. The molecule has 0 saturated heterocycles. The van der Waals surface area contributed by atoms with Crippen LogP contribution in [-0.2, 0) is 27.4 Å². The van der Waals surface area contributed by atoms with E-state index in [9.17, 15) is 17.4 Å². The predicted octanol–water partition coefficient (Wildman–Crippen LogP) is 4.45. The third-order valence-corrected chi connectivity index (χ3v) is 8.73. The van der Waals surface area contributed by atoms with E-state index in [1.165, 1.54) is 49.9 Å². The van der Waals surface area contributed by atoms with Crippen LogP contribution >= 0.6 is 0 Å². The number of ether oxygens (including phenoxy) is 1. The van der Waals surface area contributed by atoms with Gasteiger partial charge in [0.05, 0.1) is 0 Å². The molecule has 0 bridgehead atoms. The van der Waals surface area contributed by atoms with Crippen molar-refractivity contribution >= 4 is 42.7 Å². The number of benzene rings is 2. The summed E-state index contributed by atoms with van der Waals surface area (Å²) in [4.78, 5) is 31.3. The molecule has 11 nitrogen and oxygen atoms in total. The van der Waals surface area contributed by atoms with Crippen LogP contribution in [-0.4, -0.2) is 58.7 Å². The second kappa shape index (κ2) is 16.4. The molecule has 0 spiro atoms. The number of carbonyl (C=O) groups is 3. The standard InChI is InChI=1S/C20H31NO2.C8H10AsNO5.CH2O2/c1-19(2,3)23-18(22)21-17(15-10-9-11-15)14-20(4,5)16-12-7-6-8-13-16;1-6(11)10-8-4-2-3-7(5-8)9(12,13)15-14;2-1-3/h6-8,12-13,15,17H,9-11,14H2,1-5H3,(H,21,22);2-5,14H,1H3,(H,10,11)(H,12,13);1H,(H,2,3). The van der Waals surface area contributed by atoms with Crippen molar-refractivity contribution in [2.24, 2.45) is 5.92 Å². The van der Waals surface area contributed by atoms with Gasteiger partial charge >= 0.3 is 94.5 Å². The average molecular weight is 639 g/mol. The molecule has 12 heteroatoms. The van der Waals surface area contributed by atoms with Crippen LogP contribution < -0.4 is 15.0 Å². The number of anilines is 1. The molecule has 0 aliphatic heterocycles. The fourth-order valence-electron chi connectivity index (χ4n) is 4.20. The minimum atomic E-state index is -4.83. The van der Waals surface area contributed by atoms with E-state index in [1.807, 2.05) is 26.8 Å². The van der Waals surface area contributed by atoms with E-state index < -0.39 is 19.8 Å². The Hall–Kier alpha value is -3.11. The van der Waals surface area contributed by atoms with E-state index in [0.29, 0.717) is 11.6 Å². The summed E-state index contributed by atoms with van der Waals surface area (Å²) in [7, 11) is 0. The molecule has 2 amide bonds. The second-order valence-corrected chi connectivity index (χ2v) is 14.9. The van der Waals surface area contributed by atoms with Crippen molar-refractivity contribution < 1.29 is 41.2 Å². The normalized spacial score (nSPS) is 15.2. The Labute approximate surface area is 244 Å². The maximum atomic E-state index is 12.2. The van der Waals surface area contributed by atoms with Gasteiger partial charge in [-0.1, -0.05) is 50.6 Å². The first kappa shape index (κ1) is 35.9. The van der Waals surface area contributed by atoms with Crippen molar-refractivity contribution in [2.75, 3.05) is 5.32 Å². The van der Waals surface area contributed by atoms with Gasteiger partial charge in [-0.15, -0.1) is 0 Å². The van der Waals surface area contributed by atoms with Gasteiger partial charge in [0.15, 0.2) is 0 Å². The van der Waals surface area contributed by atoms with Crippen LogP contribution in [0, 0.1) is 5.92 Å². The zero-order valence-corrected chi connectivity index (χ0v) is 26.4. The topological polar surface area (TPSA) is 171 Å². The van der Waals surface area contributed by atoms with Gasteiger partial charge in [-0.3, -0.25) is 4.79 Å². The van der Waals surface area contributed by atoms with Crippen LogP contribution in [0.25, 0.3) is 0 Å². The summed E-state index contributed by atoms with van der Waals surface area (Å²) in [6.45, 7) is 11.3. The molecular weight excluding hydrogens is 595 g/mol. The Morgan fingerprint density at radius 3 is 2.12 bits per heavy atom. The summed E-state index contributed by atoms with van der Waals surface area (Å²) in [5.74, 6) is 0.280. The first-order valence-electron chi connectivity index (χ1n) is 13.2. The smallest absolute Gasteiger partial charge is 0.407 e. The Balaban J connectivity index is 0.000000402. The molecule has 41 heavy (non-hydrogen) atoms. The molecule has 2 atom stereocenters. The van der Waals surface area contributed by atoms with Crippen molar-refractivity contribution in [3.8, 4) is 0 Å². The van der Waals surface area contributed by atoms with Crippen molar-refractivity contribution in [3.05, 3.63) is 60.2 Å². The quantitative estimate of drug-likeness (QED) is 0.121. The summed E-state index contributed by atoms with van der Waals surface area (Å²) >= 11 is -4.83. The summed E-state index contributed by atoms with van der Waals surface area (Å²) in [5, 5.41) is 20.7. The number of amides is 2. The number of carboxylic acid groups (broad SMARTS) is 1. The molecule has 2 aromatic rings. The molecule has 1 fully saturated rings. The van der Waals surface area contributed by atoms with E-state index in [0.717, 1.165) is 6.42 Å². The van der Waals surface area contributed by atoms with Crippen molar-refractivity contribution in [2.45, 2.75) is 84.3 Å². The fraction of sp³-hybridized carbons (Fsp3) is 0.483. The van der Waals surface area contributed by atoms with E-state index in [1.54, 1.807) is 6.07 Å². The van der Waals surface area contributed by atoms with Gasteiger partial charge < -0.3 is 15.2 Å². The number of alkyl carbamates (subject to hydrolysis) is 1. The third kappa shape index (κ3) is 13.4. The summed E-state index contributed by atoms with van der Waals surface area (Å²) < 4.78 is 29.4. The molecule has 0 radical (unpaired) electrons. The van der Waals surface area contributed by atoms with E-state index in [-0.39, 0.29) is 34.3 Å². The monoisotopic (exact) mass is 638 g/mol. The number of nitrogens with one attached hydrogen (secondary N) is 2. The number of hydrogen-bond donors (Lipinski definition) is 5. The molecule has 1 aliphatic rings. The molecule has 0 heterocycles. The Bertz CT molecular complexity index is 1160. The first-order chi connectivity index (χ1) is 19.0. The van der Waals surface area contributed by atoms with Crippen molar-refractivity contribution in [3.63, 3.8) is 0 Å². The van der Waals surface area contributed by atoms with E-state index >= 15 is 0 Å². The zero-order valence-electron chi connectivity index (χ0n) is 24.5. The van der Waals surface area contributed by atoms with Crippen LogP contribution in [0.4, 0.5) is 10.5 Å². The zero-order chi connectivity index (χ0) is 31.3. The SMILES string of the molecule is CC(=O)Nc1cccc([As](=O)(O)OO)c1.CC(C)(C)OC(=O)NC(CC(C)(C)c1ccccc1)C1CCC1.O=CO. The van der Waals surface area contributed by atoms with Crippen molar-refractivity contribution in [1.82, 2.24) is 5.32 Å². The first-order valence-corrected chi connectivity index (χ1v) is 16.5. The summed E-state index contributed by atoms with van der Waals surface area (Å²) in [6, 6.07) is 16.4. The van der Waals surface area contributed by atoms with Gasteiger partial charge in [-0.25, -0.2) is 4.79 Å². The number of carbonyl (C=O) groups excluding carboxylic acids is 2. The minimum Gasteiger partial charge on any atom is -0.483 e. The second-order valence-electron chi connectivity index (χ2n) is 11.3.